The summed E-state index contributed by atoms with van der Waals surface area (Å²) in [7, 11) is 0. The van der Waals surface area contributed by atoms with Crippen molar-refractivity contribution < 1.29 is 4.42 Å². The number of nitrogens with zero attached hydrogens (tertiary/aromatic N) is 2. The number of rotatable bonds is 1. The second kappa shape index (κ2) is 3.56. The van der Waals surface area contributed by atoms with Crippen molar-refractivity contribution in [3.63, 3.8) is 0 Å². The SMILES string of the molecule is Cc1ccc2oc(-c3cc(C)sc3N)nc2n1. The molecule has 0 spiro atoms. The zero-order chi connectivity index (χ0) is 12.0. The van der Waals surface area contributed by atoms with Crippen LogP contribution in [-0.2, 0) is 0 Å². The first-order valence-corrected chi connectivity index (χ1v) is 6.05. The van der Waals surface area contributed by atoms with Gasteiger partial charge >= 0.3 is 0 Å². The van der Waals surface area contributed by atoms with E-state index in [4.69, 9.17) is 10.2 Å². The van der Waals surface area contributed by atoms with Crippen LogP contribution in [0, 0.1) is 13.8 Å². The van der Waals surface area contributed by atoms with Gasteiger partial charge in [-0.15, -0.1) is 11.3 Å². The van der Waals surface area contributed by atoms with Crippen molar-refractivity contribution in [1.29, 1.82) is 0 Å². The maximum absolute atomic E-state index is 5.92. The number of hydrogen-bond donors (Lipinski definition) is 1. The van der Waals surface area contributed by atoms with E-state index >= 15 is 0 Å². The molecule has 0 aliphatic carbocycles. The van der Waals surface area contributed by atoms with Gasteiger partial charge in [-0.3, -0.25) is 0 Å². The lowest BCUT2D eigenvalue weighted by Gasteiger charge is -1.90. The molecule has 2 N–H and O–H groups in total. The molecule has 0 unspecified atom stereocenters. The molecule has 0 bridgehead atoms. The van der Waals surface area contributed by atoms with Gasteiger partial charge in [0.25, 0.3) is 0 Å². The molecule has 3 rings (SSSR count). The summed E-state index contributed by atoms with van der Waals surface area (Å²) < 4.78 is 5.66. The Morgan fingerprint density at radius 2 is 2.06 bits per heavy atom. The summed E-state index contributed by atoms with van der Waals surface area (Å²) in [5, 5.41) is 0.728. The van der Waals surface area contributed by atoms with Gasteiger partial charge in [0.15, 0.2) is 11.2 Å². The number of nitrogens with two attached hydrogens (primary N) is 1. The van der Waals surface area contributed by atoms with Gasteiger partial charge in [0, 0.05) is 10.6 Å². The predicted octanol–water partition coefficient (Wildman–Crippen LogP) is 3.15. The first kappa shape index (κ1) is 10.3. The largest absolute Gasteiger partial charge is 0.434 e. The molecule has 3 heterocycles. The van der Waals surface area contributed by atoms with Crippen molar-refractivity contribution in [2.24, 2.45) is 0 Å². The fraction of sp³-hybridized carbons (Fsp3) is 0.167. The van der Waals surface area contributed by atoms with Gasteiger partial charge in [-0.25, -0.2) is 4.98 Å². The number of aromatic nitrogens is 2. The quantitative estimate of drug-likeness (QED) is 0.715. The maximum atomic E-state index is 5.92. The molecular weight excluding hydrogens is 234 g/mol. The maximum Gasteiger partial charge on any atom is 0.231 e. The van der Waals surface area contributed by atoms with Crippen molar-refractivity contribution >= 4 is 27.6 Å². The third-order valence-corrected chi connectivity index (χ3v) is 3.39. The lowest BCUT2D eigenvalue weighted by Crippen LogP contribution is -1.83. The molecule has 4 nitrogen and oxygen atoms in total. The number of fused-ring (bicyclic) bond motifs is 1. The molecule has 0 aromatic carbocycles. The number of thiophene rings is 1. The van der Waals surface area contributed by atoms with E-state index < -0.39 is 0 Å². The Hall–Kier alpha value is -1.88. The molecule has 0 saturated heterocycles. The van der Waals surface area contributed by atoms with Gasteiger partial charge in [0.1, 0.15) is 0 Å². The van der Waals surface area contributed by atoms with Gasteiger partial charge in [0.05, 0.1) is 10.6 Å². The Kier molecular flexibility index (Phi) is 2.16. The molecule has 0 aliphatic rings. The Labute approximate surface area is 102 Å². The summed E-state index contributed by atoms with van der Waals surface area (Å²) >= 11 is 1.53. The molecule has 5 heteroatoms. The van der Waals surface area contributed by atoms with Gasteiger partial charge < -0.3 is 10.2 Å². The van der Waals surface area contributed by atoms with Crippen LogP contribution in [0.3, 0.4) is 0 Å². The zero-order valence-corrected chi connectivity index (χ0v) is 10.3. The van der Waals surface area contributed by atoms with Gasteiger partial charge in [-0.05, 0) is 32.0 Å². The van der Waals surface area contributed by atoms with E-state index in [9.17, 15) is 0 Å². The third-order valence-electron chi connectivity index (χ3n) is 2.51. The Morgan fingerprint density at radius 3 is 2.76 bits per heavy atom. The minimum atomic E-state index is 0.542. The standard InChI is InChI=1S/C12H11N3OS/c1-6-3-4-9-11(14-6)15-12(16-9)8-5-7(2)17-10(8)13/h3-5H,13H2,1-2H3. The van der Waals surface area contributed by atoms with E-state index in [2.05, 4.69) is 9.97 Å². The average molecular weight is 245 g/mol. The van der Waals surface area contributed by atoms with E-state index in [0.29, 0.717) is 17.1 Å². The van der Waals surface area contributed by atoms with Crippen molar-refractivity contribution in [2.45, 2.75) is 13.8 Å². The van der Waals surface area contributed by atoms with Crippen LogP contribution < -0.4 is 5.73 Å². The number of anilines is 1. The Bertz CT molecular complexity index is 699. The van der Waals surface area contributed by atoms with Gasteiger partial charge in [-0.1, -0.05) is 0 Å². The first-order chi connectivity index (χ1) is 8.13. The molecule has 0 aliphatic heterocycles. The minimum absolute atomic E-state index is 0.542. The van der Waals surface area contributed by atoms with Crippen LogP contribution in [0.25, 0.3) is 22.7 Å². The van der Waals surface area contributed by atoms with Crippen LogP contribution in [0.15, 0.2) is 22.6 Å². The van der Waals surface area contributed by atoms with Gasteiger partial charge in [-0.2, -0.15) is 4.98 Å². The molecule has 0 fully saturated rings. The average Bonchev–Trinajstić information content (AvgIpc) is 2.80. The summed E-state index contributed by atoms with van der Waals surface area (Å²) in [5.41, 5.74) is 9.01. The molecule has 3 aromatic heterocycles. The van der Waals surface area contributed by atoms with Crippen LogP contribution in [0.2, 0.25) is 0 Å². The van der Waals surface area contributed by atoms with Crippen molar-refractivity contribution in [2.75, 3.05) is 5.73 Å². The number of aryl methyl sites for hydroxylation is 2. The molecule has 0 atom stereocenters. The summed E-state index contributed by atoms with van der Waals surface area (Å²) in [6, 6.07) is 5.76. The smallest absolute Gasteiger partial charge is 0.231 e. The highest BCUT2D eigenvalue weighted by Crippen LogP contribution is 2.34. The Morgan fingerprint density at radius 1 is 1.24 bits per heavy atom. The molecule has 0 radical (unpaired) electrons. The lowest BCUT2D eigenvalue weighted by atomic mass is 10.3. The molecule has 0 amide bonds. The number of hydrogen-bond acceptors (Lipinski definition) is 5. The van der Waals surface area contributed by atoms with Crippen LogP contribution >= 0.6 is 11.3 Å². The van der Waals surface area contributed by atoms with E-state index in [1.807, 2.05) is 32.0 Å². The van der Waals surface area contributed by atoms with Crippen LogP contribution in [0.1, 0.15) is 10.6 Å². The number of nitrogen functional groups attached to an aromatic ring is 1. The fourth-order valence-corrected chi connectivity index (χ4v) is 2.51. The highest BCUT2D eigenvalue weighted by atomic mass is 32.1. The summed E-state index contributed by atoms with van der Waals surface area (Å²) in [5.74, 6) is 0.542. The normalized spacial score (nSPS) is 11.2. The van der Waals surface area contributed by atoms with E-state index in [1.54, 1.807) is 0 Å². The molecule has 0 saturated carbocycles. The van der Waals surface area contributed by atoms with E-state index in [0.717, 1.165) is 21.1 Å². The van der Waals surface area contributed by atoms with Crippen molar-refractivity contribution in [1.82, 2.24) is 9.97 Å². The first-order valence-electron chi connectivity index (χ1n) is 5.24. The van der Waals surface area contributed by atoms with E-state index in [1.165, 1.54) is 11.3 Å². The second-order valence-corrected chi connectivity index (χ2v) is 5.22. The predicted molar refractivity (Wildman–Crippen MR) is 69.0 cm³/mol. The molecule has 86 valence electrons. The third kappa shape index (κ3) is 1.68. The van der Waals surface area contributed by atoms with Crippen LogP contribution in [0.4, 0.5) is 5.00 Å². The monoisotopic (exact) mass is 245 g/mol. The number of oxazole rings is 1. The summed E-state index contributed by atoms with van der Waals surface area (Å²) in [6.45, 7) is 3.94. The Balaban J connectivity index is 2.21. The number of pyridine rings is 1. The molecule has 17 heavy (non-hydrogen) atoms. The topological polar surface area (TPSA) is 64.9 Å². The zero-order valence-electron chi connectivity index (χ0n) is 9.52. The van der Waals surface area contributed by atoms with Crippen LogP contribution in [-0.4, -0.2) is 9.97 Å². The van der Waals surface area contributed by atoms with Gasteiger partial charge in [0.2, 0.25) is 5.89 Å². The highest BCUT2D eigenvalue weighted by molar-refractivity contribution is 7.16. The van der Waals surface area contributed by atoms with Crippen LogP contribution in [0.5, 0.6) is 0 Å². The molecule has 3 aromatic rings. The lowest BCUT2D eigenvalue weighted by molar-refractivity contribution is 0.620. The van der Waals surface area contributed by atoms with Crippen molar-refractivity contribution in [3.8, 4) is 11.5 Å². The fourth-order valence-electron chi connectivity index (χ4n) is 1.73. The minimum Gasteiger partial charge on any atom is -0.434 e. The second-order valence-electron chi connectivity index (χ2n) is 3.93. The summed E-state index contributed by atoms with van der Waals surface area (Å²) in [6.07, 6.45) is 0. The molecular formula is C12H11N3OS. The highest BCUT2D eigenvalue weighted by Gasteiger charge is 2.14. The summed E-state index contributed by atoms with van der Waals surface area (Å²) in [4.78, 5) is 9.83. The van der Waals surface area contributed by atoms with E-state index in [-0.39, 0.29) is 0 Å². The van der Waals surface area contributed by atoms with Crippen molar-refractivity contribution in [3.05, 3.63) is 28.8 Å².